The van der Waals surface area contributed by atoms with Crippen LogP contribution in [0.3, 0.4) is 0 Å². The Morgan fingerprint density at radius 2 is 2.29 bits per heavy atom. The summed E-state index contributed by atoms with van der Waals surface area (Å²) in [6, 6.07) is 0.0900. The lowest BCUT2D eigenvalue weighted by atomic mass is 10.1. The molecule has 0 bridgehead atoms. The first-order valence-corrected chi connectivity index (χ1v) is 5.59. The van der Waals surface area contributed by atoms with Gasteiger partial charge in [0.25, 0.3) is 0 Å². The summed E-state index contributed by atoms with van der Waals surface area (Å²) in [4.78, 5) is 13.7. The highest BCUT2D eigenvalue weighted by Gasteiger charge is 2.24. The summed E-state index contributed by atoms with van der Waals surface area (Å²) < 4.78 is 0. The summed E-state index contributed by atoms with van der Waals surface area (Å²) >= 11 is 0. The molecule has 0 aromatic heterocycles. The fourth-order valence-corrected chi connectivity index (χ4v) is 1.72. The molecule has 1 amide bonds. The molecule has 0 aliphatic carbocycles. The Labute approximate surface area is 86.9 Å². The third-order valence-corrected chi connectivity index (χ3v) is 2.78. The molecule has 0 unspecified atom stereocenters. The van der Waals surface area contributed by atoms with Crippen LogP contribution < -0.4 is 5.32 Å². The molecule has 14 heavy (non-hydrogen) atoms. The Morgan fingerprint density at radius 1 is 1.57 bits per heavy atom. The number of hydrogen-bond acceptors (Lipinski definition) is 2. The van der Waals surface area contributed by atoms with E-state index < -0.39 is 0 Å². The Balaban J connectivity index is 2.28. The minimum absolute atomic E-state index is 0.0900. The lowest BCUT2D eigenvalue weighted by molar-refractivity contribution is -0.131. The van der Waals surface area contributed by atoms with Gasteiger partial charge in [-0.1, -0.05) is 13.8 Å². The number of nitrogens with zero attached hydrogens (tertiary/aromatic N) is 1. The average Bonchev–Trinajstić information content (AvgIpc) is 2.65. The van der Waals surface area contributed by atoms with Crippen LogP contribution in [-0.2, 0) is 4.79 Å². The van der Waals surface area contributed by atoms with Crippen molar-refractivity contribution < 1.29 is 4.79 Å². The number of carbonyl (C=O) groups excluding carboxylic acids is 1. The first-order valence-electron chi connectivity index (χ1n) is 5.59. The number of amides is 1. The molecular formula is C11H22N2O. The molecule has 1 rings (SSSR count). The molecule has 0 radical (unpaired) electrons. The molecule has 3 heteroatoms. The molecule has 1 fully saturated rings. The largest absolute Gasteiger partial charge is 0.344 e. The van der Waals surface area contributed by atoms with Crippen LogP contribution in [0.25, 0.3) is 0 Å². The lowest BCUT2D eigenvalue weighted by Crippen LogP contribution is -2.42. The monoisotopic (exact) mass is 198 g/mol. The van der Waals surface area contributed by atoms with Crippen molar-refractivity contribution in [2.75, 3.05) is 20.1 Å². The van der Waals surface area contributed by atoms with Gasteiger partial charge < -0.3 is 10.2 Å². The van der Waals surface area contributed by atoms with E-state index in [0.29, 0.717) is 5.92 Å². The van der Waals surface area contributed by atoms with Crippen LogP contribution in [-0.4, -0.2) is 37.0 Å². The molecule has 1 aliphatic rings. The number of likely N-dealkylation sites (N-methyl/N-ethyl adjacent to an activating group) is 1. The van der Waals surface area contributed by atoms with Gasteiger partial charge in [-0.15, -0.1) is 0 Å². The topological polar surface area (TPSA) is 32.3 Å². The molecule has 82 valence electrons. The van der Waals surface area contributed by atoms with E-state index >= 15 is 0 Å². The van der Waals surface area contributed by atoms with E-state index in [1.807, 2.05) is 11.9 Å². The summed E-state index contributed by atoms with van der Waals surface area (Å²) in [6.45, 7) is 6.25. The zero-order valence-corrected chi connectivity index (χ0v) is 9.55. The van der Waals surface area contributed by atoms with Crippen LogP contribution in [0.1, 0.15) is 33.1 Å². The van der Waals surface area contributed by atoms with Gasteiger partial charge in [-0.3, -0.25) is 4.79 Å². The average molecular weight is 198 g/mol. The van der Waals surface area contributed by atoms with Crippen molar-refractivity contribution in [1.82, 2.24) is 10.2 Å². The van der Waals surface area contributed by atoms with Crippen LogP contribution in [0.15, 0.2) is 0 Å². The predicted octanol–water partition coefficient (Wildman–Crippen LogP) is 1.24. The van der Waals surface area contributed by atoms with Crippen LogP contribution >= 0.6 is 0 Å². The highest BCUT2D eigenvalue weighted by atomic mass is 16.2. The van der Waals surface area contributed by atoms with Gasteiger partial charge in [0.1, 0.15) is 0 Å². The molecule has 3 nitrogen and oxygen atoms in total. The van der Waals surface area contributed by atoms with Crippen LogP contribution in [0.2, 0.25) is 0 Å². The summed E-state index contributed by atoms with van der Waals surface area (Å²) in [5.74, 6) is 0.935. The van der Waals surface area contributed by atoms with Gasteiger partial charge in [0.15, 0.2) is 0 Å². The fraction of sp³-hybridized carbons (Fsp3) is 0.909. The molecule has 0 spiro atoms. The normalized spacial score (nSPS) is 21.6. The van der Waals surface area contributed by atoms with E-state index in [-0.39, 0.29) is 11.9 Å². The Bertz CT molecular complexity index is 186. The lowest BCUT2D eigenvalue weighted by Gasteiger charge is -2.21. The molecule has 1 aliphatic heterocycles. The smallest absolute Gasteiger partial charge is 0.239 e. The first-order chi connectivity index (χ1) is 6.61. The van der Waals surface area contributed by atoms with E-state index in [2.05, 4.69) is 19.2 Å². The van der Waals surface area contributed by atoms with Gasteiger partial charge in [0.05, 0.1) is 6.04 Å². The second-order valence-electron chi connectivity index (χ2n) is 4.59. The van der Waals surface area contributed by atoms with Gasteiger partial charge in [-0.2, -0.15) is 0 Å². The van der Waals surface area contributed by atoms with E-state index in [0.717, 1.165) is 32.4 Å². The highest BCUT2D eigenvalue weighted by Crippen LogP contribution is 2.09. The molecular weight excluding hydrogens is 176 g/mol. The van der Waals surface area contributed by atoms with E-state index in [4.69, 9.17) is 0 Å². The van der Waals surface area contributed by atoms with Gasteiger partial charge >= 0.3 is 0 Å². The van der Waals surface area contributed by atoms with E-state index in [9.17, 15) is 4.79 Å². The molecule has 1 heterocycles. The minimum atomic E-state index is 0.0900. The summed E-state index contributed by atoms with van der Waals surface area (Å²) in [6.07, 6.45) is 3.23. The summed E-state index contributed by atoms with van der Waals surface area (Å²) in [7, 11) is 1.91. The van der Waals surface area contributed by atoms with Crippen LogP contribution in [0.5, 0.6) is 0 Å². The molecule has 1 N–H and O–H groups in total. The van der Waals surface area contributed by atoms with Gasteiger partial charge in [-0.25, -0.2) is 0 Å². The zero-order chi connectivity index (χ0) is 10.6. The summed E-state index contributed by atoms with van der Waals surface area (Å²) in [5.41, 5.74) is 0. The minimum Gasteiger partial charge on any atom is -0.344 e. The zero-order valence-electron chi connectivity index (χ0n) is 9.55. The highest BCUT2D eigenvalue weighted by molar-refractivity contribution is 5.81. The van der Waals surface area contributed by atoms with Crippen molar-refractivity contribution >= 4 is 5.91 Å². The number of carbonyl (C=O) groups is 1. The Morgan fingerprint density at radius 3 is 2.79 bits per heavy atom. The maximum Gasteiger partial charge on any atom is 0.239 e. The van der Waals surface area contributed by atoms with Crippen molar-refractivity contribution in [3.05, 3.63) is 0 Å². The van der Waals surface area contributed by atoms with Crippen LogP contribution in [0, 0.1) is 5.92 Å². The van der Waals surface area contributed by atoms with E-state index in [1.165, 1.54) is 0 Å². The van der Waals surface area contributed by atoms with E-state index in [1.54, 1.807) is 0 Å². The van der Waals surface area contributed by atoms with Gasteiger partial charge in [0.2, 0.25) is 5.91 Å². The van der Waals surface area contributed by atoms with Crippen LogP contribution in [0.4, 0.5) is 0 Å². The first kappa shape index (κ1) is 11.5. The third-order valence-electron chi connectivity index (χ3n) is 2.78. The number of nitrogens with one attached hydrogen (secondary N) is 1. The number of rotatable bonds is 4. The van der Waals surface area contributed by atoms with Gasteiger partial charge in [0, 0.05) is 13.6 Å². The maximum absolute atomic E-state index is 11.8. The van der Waals surface area contributed by atoms with Crippen molar-refractivity contribution in [2.45, 2.75) is 39.2 Å². The standard InChI is InChI=1S/C11H22N2O/c1-9(2)6-8-13(3)11(14)10-5-4-7-12-10/h9-10,12H,4-8H2,1-3H3/t10-/m0/s1. The van der Waals surface area contributed by atoms with Crippen molar-refractivity contribution in [3.63, 3.8) is 0 Å². The summed E-state index contributed by atoms with van der Waals surface area (Å²) in [5, 5.41) is 3.23. The Hall–Kier alpha value is -0.570. The van der Waals surface area contributed by atoms with Gasteiger partial charge in [-0.05, 0) is 31.7 Å². The molecule has 1 atom stereocenters. The Kier molecular flexibility index (Phi) is 4.39. The van der Waals surface area contributed by atoms with Crippen molar-refractivity contribution in [2.24, 2.45) is 5.92 Å². The predicted molar refractivity (Wildman–Crippen MR) is 58.1 cm³/mol. The third kappa shape index (κ3) is 3.29. The number of hydrogen-bond donors (Lipinski definition) is 1. The molecule has 0 aromatic carbocycles. The van der Waals surface area contributed by atoms with Crippen molar-refractivity contribution in [3.8, 4) is 0 Å². The second kappa shape index (κ2) is 5.35. The molecule has 0 aromatic rings. The second-order valence-corrected chi connectivity index (χ2v) is 4.59. The van der Waals surface area contributed by atoms with Crippen molar-refractivity contribution in [1.29, 1.82) is 0 Å². The molecule has 0 saturated carbocycles. The maximum atomic E-state index is 11.8. The molecule has 1 saturated heterocycles. The SMILES string of the molecule is CC(C)CCN(C)C(=O)[C@@H]1CCCN1. The fourth-order valence-electron chi connectivity index (χ4n) is 1.72. The quantitative estimate of drug-likeness (QED) is 0.737.